The lowest BCUT2D eigenvalue weighted by atomic mass is 9.96. The number of carbonyl (C=O) groups excluding carboxylic acids is 2. The van der Waals surface area contributed by atoms with E-state index in [1.165, 1.54) is 17.8 Å². The van der Waals surface area contributed by atoms with E-state index in [0.29, 0.717) is 30.8 Å². The highest BCUT2D eigenvalue weighted by molar-refractivity contribution is 8.00. The topological polar surface area (TPSA) is 63.4 Å². The van der Waals surface area contributed by atoms with Crippen molar-refractivity contribution in [1.82, 2.24) is 4.90 Å². The van der Waals surface area contributed by atoms with Crippen LogP contribution >= 0.6 is 11.8 Å². The molecule has 1 fully saturated rings. The van der Waals surface area contributed by atoms with Gasteiger partial charge in [0.05, 0.1) is 5.75 Å². The molecular weight excluding hydrogens is 279 g/mol. The Kier molecular flexibility index (Phi) is 5.00. The first-order chi connectivity index (χ1) is 9.58. The molecule has 20 heavy (non-hydrogen) atoms. The van der Waals surface area contributed by atoms with Crippen molar-refractivity contribution < 1.29 is 14.0 Å². The molecule has 4 nitrogen and oxygen atoms in total. The van der Waals surface area contributed by atoms with Crippen LogP contribution in [0, 0.1) is 11.7 Å². The molecule has 2 amide bonds. The number of benzene rings is 1. The van der Waals surface area contributed by atoms with E-state index in [-0.39, 0.29) is 29.3 Å². The molecule has 0 atom stereocenters. The molecule has 1 aromatic carbocycles. The normalized spacial score (nSPS) is 16.1. The molecule has 0 aliphatic carbocycles. The van der Waals surface area contributed by atoms with Crippen LogP contribution in [0.2, 0.25) is 0 Å². The summed E-state index contributed by atoms with van der Waals surface area (Å²) in [5.41, 5.74) is 5.25. The third-order valence-corrected chi connectivity index (χ3v) is 4.47. The molecule has 2 rings (SSSR count). The van der Waals surface area contributed by atoms with Crippen LogP contribution < -0.4 is 5.73 Å². The smallest absolute Gasteiger partial charge is 0.232 e. The molecule has 0 saturated carbocycles. The second-order valence-electron chi connectivity index (χ2n) is 4.78. The highest BCUT2D eigenvalue weighted by Gasteiger charge is 2.25. The number of nitrogens with two attached hydrogens (primary N) is 1. The molecule has 0 radical (unpaired) electrons. The van der Waals surface area contributed by atoms with Crippen molar-refractivity contribution in [1.29, 1.82) is 0 Å². The number of rotatable bonds is 4. The standard InChI is InChI=1S/C14H17FN2O2S/c15-11-3-1-2-4-12(11)20-9-13(18)17-7-5-10(6-8-17)14(16)19/h1-4,10H,5-9H2,(H2,16,19). The van der Waals surface area contributed by atoms with E-state index in [1.807, 2.05) is 0 Å². The summed E-state index contributed by atoms with van der Waals surface area (Å²) in [6.45, 7) is 1.09. The first-order valence-electron chi connectivity index (χ1n) is 6.52. The van der Waals surface area contributed by atoms with Crippen LogP contribution in [0.5, 0.6) is 0 Å². The van der Waals surface area contributed by atoms with Crippen LogP contribution in [0.3, 0.4) is 0 Å². The Balaban J connectivity index is 1.82. The van der Waals surface area contributed by atoms with Crippen molar-refractivity contribution in [2.75, 3.05) is 18.8 Å². The summed E-state index contributed by atoms with van der Waals surface area (Å²) < 4.78 is 13.4. The van der Waals surface area contributed by atoms with Gasteiger partial charge in [0.15, 0.2) is 0 Å². The van der Waals surface area contributed by atoms with E-state index in [2.05, 4.69) is 0 Å². The second-order valence-corrected chi connectivity index (χ2v) is 5.79. The maximum Gasteiger partial charge on any atom is 0.232 e. The van der Waals surface area contributed by atoms with Gasteiger partial charge < -0.3 is 10.6 Å². The van der Waals surface area contributed by atoms with Crippen LogP contribution in [-0.4, -0.2) is 35.6 Å². The molecule has 108 valence electrons. The number of amides is 2. The van der Waals surface area contributed by atoms with Crippen molar-refractivity contribution in [3.63, 3.8) is 0 Å². The Morgan fingerprint density at radius 3 is 2.55 bits per heavy atom. The van der Waals surface area contributed by atoms with Gasteiger partial charge in [0.25, 0.3) is 0 Å². The zero-order chi connectivity index (χ0) is 14.5. The highest BCUT2D eigenvalue weighted by Crippen LogP contribution is 2.23. The molecule has 0 bridgehead atoms. The minimum absolute atomic E-state index is 0.0267. The van der Waals surface area contributed by atoms with E-state index in [9.17, 15) is 14.0 Å². The van der Waals surface area contributed by atoms with Gasteiger partial charge in [-0.05, 0) is 25.0 Å². The maximum absolute atomic E-state index is 13.4. The molecular formula is C14H17FN2O2S. The fraction of sp³-hybridized carbons (Fsp3) is 0.429. The number of primary amides is 1. The van der Waals surface area contributed by atoms with Gasteiger partial charge in [-0.15, -0.1) is 11.8 Å². The van der Waals surface area contributed by atoms with Crippen molar-refractivity contribution in [3.05, 3.63) is 30.1 Å². The number of piperidine rings is 1. The van der Waals surface area contributed by atoms with Gasteiger partial charge in [-0.2, -0.15) is 0 Å². The lowest BCUT2D eigenvalue weighted by Crippen LogP contribution is -2.42. The summed E-state index contributed by atoms with van der Waals surface area (Å²) in [5, 5.41) is 0. The number of thioether (sulfide) groups is 1. The van der Waals surface area contributed by atoms with Gasteiger partial charge >= 0.3 is 0 Å². The van der Waals surface area contributed by atoms with Crippen molar-refractivity contribution in [2.45, 2.75) is 17.7 Å². The largest absolute Gasteiger partial charge is 0.369 e. The molecule has 1 aliphatic heterocycles. The van der Waals surface area contributed by atoms with Crippen molar-refractivity contribution in [3.8, 4) is 0 Å². The zero-order valence-electron chi connectivity index (χ0n) is 11.0. The molecule has 1 heterocycles. The average Bonchev–Trinajstić information content (AvgIpc) is 2.46. The fourth-order valence-electron chi connectivity index (χ4n) is 2.21. The third kappa shape index (κ3) is 3.72. The predicted molar refractivity (Wildman–Crippen MR) is 75.6 cm³/mol. The van der Waals surface area contributed by atoms with Gasteiger partial charge in [0.1, 0.15) is 5.82 Å². The molecule has 1 aromatic rings. The van der Waals surface area contributed by atoms with Crippen molar-refractivity contribution in [2.24, 2.45) is 11.7 Å². The SMILES string of the molecule is NC(=O)C1CCN(C(=O)CSc2ccccc2F)CC1. The monoisotopic (exact) mass is 296 g/mol. The predicted octanol–water partition coefficient (Wildman–Crippen LogP) is 1.64. The van der Waals surface area contributed by atoms with E-state index in [4.69, 9.17) is 5.73 Å². The van der Waals surface area contributed by atoms with Gasteiger partial charge in [-0.1, -0.05) is 12.1 Å². The van der Waals surface area contributed by atoms with Gasteiger partial charge in [0, 0.05) is 23.9 Å². The molecule has 1 aliphatic rings. The number of hydrogen-bond acceptors (Lipinski definition) is 3. The van der Waals surface area contributed by atoms with Crippen LogP contribution in [0.1, 0.15) is 12.8 Å². The quantitative estimate of drug-likeness (QED) is 0.859. The minimum atomic E-state index is -0.308. The highest BCUT2D eigenvalue weighted by atomic mass is 32.2. The van der Waals surface area contributed by atoms with Crippen LogP contribution in [-0.2, 0) is 9.59 Å². The molecule has 0 spiro atoms. The number of hydrogen-bond donors (Lipinski definition) is 1. The lowest BCUT2D eigenvalue weighted by Gasteiger charge is -2.30. The summed E-state index contributed by atoms with van der Waals surface area (Å²) in [7, 11) is 0. The van der Waals surface area contributed by atoms with Crippen LogP contribution in [0.25, 0.3) is 0 Å². The Morgan fingerprint density at radius 1 is 1.30 bits per heavy atom. The van der Waals surface area contributed by atoms with E-state index < -0.39 is 0 Å². The van der Waals surface area contributed by atoms with E-state index >= 15 is 0 Å². The average molecular weight is 296 g/mol. The first kappa shape index (κ1) is 14.8. The molecule has 6 heteroatoms. The summed E-state index contributed by atoms with van der Waals surface area (Å²) in [4.78, 5) is 25.3. The van der Waals surface area contributed by atoms with Crippen molar-refractivity contribution >= 4 is 23.6 Å². The molecule has 0 aromatic heterocycles. The maximum atomic E-state index is 13.4. The minimum Gasteiger partial charge on any atom is -0.369 e. The zero-order valence-corrected chi connectivity index (χ0v) is 11.9. The number of likely N-dealkylation sites (tertiary alicyclic amines) is 1. The Morgan fingerprint density at radius 2 is 1.95 bits per heavy atom. The summed E-state index contributed by atoms with van der Waals surface area (Å²) in [5.74, 6) is -0.544. The first-order valence-corrected chi connectivity index (χ1v) is 7.51. The van der Waals surface area contributed by atoms with E-state index in [0.717, 1.165) is 0 Å². The third-order valence-electron chi connectivity index (χ3n) is 3.44. The van der Waals surface area contributed by atoms with E-state index in [1.54, 1.807) is 23.1 Å². The summed E-state index contributed by atoms with van der Waals surface area (Å²) >= 11 is 1.20. The van der Waals surface area contributed by atoms with Crippen LogP contribution in [0.15, 0.2) is 29.2 Å². The second kappa shape index (κ2) is 6.74. The fourth-order valence-corrected chi connectivity index (χ4v) is 3.05. The number of halogens is 1. The summed E-state index contributed by atoms with van der Waals surface area (Å²) in [6.07, 6.45) is 1.23. The Labute approximate surface area is 121 Å². The Bertz CT molecular complexity index is 502. The molecule has 2 N–H and O–H groups in total. The molecule has 1 saturated heterocycles. The van der Waals surface area contributed by atoms with Gasteiger partial charge in [-0.3, -0.25) is 9.59 Å². The Hall–Kier alpha value is -1.56. The lowest BCUT2D eigenvalue weighted by molar-refractivity contribution is -0.132. The summed E-state index contributed by atoms with van der Waals surface area (Å²) in [6, 6.07) is 6.40. The van der Waals surface area contributed by atoms with Gasteiger partial charge in [0.2, 0.25) is 11.8 Å². The number of nitrogens with zero attached hydrogens (tertiary/aromatic N) is 1. The molecule has 0 unspecified atom stereocenters. The number of carbonyl (C=O) groups is 2. The van der Waals surface area contributed by atoms with Crippen LogP contribution in [0.4, 0.5) is 4.39 Å². The van der Waals surface area contributed by atoms with Gasteiger partial charge in [-0.25, -0.2) is 4.39 Å².